The molecule has 4 heterocycles. The van der Waals surface area contributed by atoms with E-state index in [9.17, 15) is 0 Å². The van der Waals surface area contributed by atoms with Crippen LogP contribution in [0.25, 0.3) is 137 Å². The van der Waals surface area contributed by atoms with Gasteiger partial charge in [0.25, 0.3) is 0 Å². The average Bonchev–Trinajstić information content (AvgIpc) is 4.11. The number of rotatable bonds is 6. The lowest BCUT2D eigenvalue weighted by Crippen LogP contribution is -2.01. The summed E-state index contributed by atoms with van der Waals surface area (Å²) in [4.78, 5) is 15.5. The summed E-state index contributed by atoms with van der Waals surface area (Å²) in [7, 11) is 0. The zero-order valence-corrected chi connectivity index (χ0v) is 38.7. The van der Waals surface area contributed by atoms with E-state index in [1.165, 1.54) is 64.0 Å². The summed E-state index contributed by atoms with van der Waals surface area (Å²) in [5.41, 5.74) is 12.3. The highest BCUT2D eigenvalue weighted by Gasteiger charge is 2.21. The third-order valence-electron chi connectivity index (χ3n) is 13.2. The molecule has 0 fully saturated rings. The van der Waals surface area contributed by atoms with Crippen LogP contribution in [0.15, 0.2) is 223 Å². The molecule has 0 radical (unpaired) electrons. The molecule has 10 aromatic carbocycles. The van der Waals surface area contributed by atoms with Crippen LogP contribution >= 0.6 is 11.3 Å². The Balaban J connectivity index is 0.00000232. The van der Waals surface area contributed by atoms with Gasteiger partial charge < -0.3 is 8.98 Å². The van der Waals surface area contributed by atoms with Crippen LogP contribution in [0.2, 0.25) is 0 Å². The van der Waals surface area contributed by atoms with Gasteiger partial charge in [-0.1, -0.05) is 178 Å². The fraction of sp³-hybridized carbons (Fsp3) is 0.0317. The molecule has 0 N–H and O–H groups in total. The Kier molecular flexibility index (Phi) is 9.73. The number of benzene rings is 10. The van der Waals surface area contributed by atoms with Crippen molar-refractivity contribution in [1.29, 1.82) is 0 Å². The van der Waals surface area contributed by atoms with Crippen molar-refractivity contribution >= 4 is 86.0 Å². The highest BCUT2D eigenvalue weighted by molar-refractivity contribution is 7.26. The van der Waals surface area contributed by atoms with Crippen molar-refractivity contribution < 1.29 is 4.42 Å². The van der Waals surface area contributed by atoms with Crippen molar-refractivity contribution in [1.82, 2.24) is 19.5 Å². The van der Waals surface area contributed by atoms with Crippen molar-refractivity contribution in [3.05, 3.63) is 218 Å². The molecule has 0 atom stereocenters. The van der Waals surface area contributed by atoms with Gasteiger partial charge in [0, 0.05) is 69.7 Å². The lowest BCUT2D eigenvalue weighted by atomic mass is 9.98. The van der Waals surface area contributed by atoms with Crippen molar-refractivity contribution in [3.63, 3.8) is 0 Å². The van der Waals surface area contributed by atoms with Crippen LogP contribution in [0.4, 0.5) is 0 Å². The Morgan fingerprint density at radius 3 is 1.83 bits per heavy atom. The predicted octanol–water partition coefficient (Wildman–Crippen LogP) is 17.8. The van der Waals surface area contributed by atoms with E-state index in [0.29, 0.717) is 17.5 Å². The fourth-order valence-corrected chi connectivity index (χ4v) is 11.3. The molecule has 0 aliphatic rings. The smallest absolute Gasteiger partial charge is 0.164 e. The van der Waals surface area contributed by atoms with Crippen LogP contribution in [0.3, 0.4) is 0 Å². The van der Waals surface area contributed by atoms with Gasteiger partial charge in [-0.25, -0.2) is 15.0 Å². The summed E-state index contributed by atoms with van der Waals surface area (Å²) in [6.07, 6.45) is 0. The molecule has 6 heteroatoms. The maximum atomic E-state index is 6.32. The number of fused-ring (bicyclic) bond motifs is 11. The van der Waals surface area contributed by atoms with Crippen molar-refractivity contribution in [2.45, 2.75) is 13.8 Å². The Bertz CT molecular complexity index is 4280. The lowest BCUT2D eigenvalue weighted by molar-refractivity contribution is 0.669. The second-order valence-corrected chi connectivity index (χ2v) is 18.2. The molecule has 69 heavy (non-hydrogen) atoms. The third-order valence-corrected chi connectivity index (χ3v) is 14.4. The normalized spacial score (nSPS) is 11.6. The van der Waals surface area contributed by atoms with Gasteiger partial charge >= 0.3 is 0 Å². The average molecular weight is 903 g/mol. The Morgan fingerprint density at radius 2 is 1.00 bits per heavy atom. The first kappa shape index (κ1) is 40.6. The minimum absolute atomic E-state index is 0.578. The van der Waals surface area contributed by atoms with Crippen LogP contribution in [0.1, 0.15) is 13.8 Å². The molecule has 0 saturated heterocycles. The van der Waals surface area contributed by atoms with Gasteiger partial charge in [-0.05, 0) is 82.1 Å². The zero-order chi connectivity index (χ0) is 46.0. The SMILES string of the molecule is CC.c1ccc(-c2ccc3c(c2)c2cccc(-c4ccc5c(c4)sc4ccc6ccccc6c45)c2n3-c2cccc(-c3nc(-c4ccccc4)nc(-c4ccc5c(c4)oc4ccccc45)n3)c2)cc1. The first-order chi connectivity index (χ1) is 34.2. The van der Waals surface area contributed by atoms with Crippen molar-refractivity contribution in [3.8, 4) is 62.1 Å². The Labute approximate surface area is 402 Å². The van der Waals surface area contributed by atoms with E-state index >= 15 is 0 Å². The number of aromatic nitrogens is 4. The molecule has 326 valence electrons. The molecule has 0 spiro atoms. The monoisotopic (exact) mass is 902 g/mol. The highest BCUT2D eigenvalue weighted by atomic mass is 32.1. The van der Waals surface area contributed by atoms with E-state index in [0.717, 1.165) is 55.3 Å². The summed E-state index contributed by atoms with van der Waals surface area (Å²) < 4.78 is 11.3. The molecular formula is C63H42N4OS. The number of nitrogens with zero attached hydrogens (tertiary/aromatic N) is 4. The number of thiophene rings is 1. The molecular weight excluding hydrogens is 861 g/mol. The van der Waals surface area contributed by atoms with Crippen LogP contribution in [-0.2, 0) is 0 Å². The first-order valence-corrected chi connectivity index (χ1v) is 24.3. The van der Waals surface area contributed by atoms with Gasteiger partial charge in [-0.2, -0.15) is 0 Å². The first-order valence-electron chi connectivity index (χ1n) is 23.5. The fourth-order valence-electron chi connectivity index (χ4n) is 10.1. The third kappa shape index (κ3) is 6.79. The number of para-hydroxylation sites is 2. The molecule has 0 saturated carbocycles. The number of hydrogen-bond donors (Lipinski definition) is 0. The molecule has 0 amide bonds. The molecule has 0 aliphatic heterocycles. The number of furan rings is 1. The van der Waals surface area contributed by atoms with E-state index in [1.807, 2.05) is 79.8 Å². The van der Waals surface area contributed by atoms with Gasteiger partial charge in [0.05, 0.1) is 11.0 Å². The quantitative estimate of drug-likeness (QED) is 0.167. The summed E-state index contributed by atoms with van der Waals surface area (Å²) in [6, 6.07) is 77.6. The lowest BCUT2D eigenvalue weighted by Gasteiger charge is -2.14. The predicted molar refractivity (Wildman–Crippen MR) is 290 cm³/mol. The van der Waals surface area contributed by atoms with Crippen LogP contribution in [-0.4, -0.2) is 19.5 Å². The van der Waals surface area contributed by atoms with Crippen molar-refractivity contribution in [2.24, 2.45) is 0 Å². The maximum Gasteiger partial charge on any atom is 0.164 e. The minimum atomic E-state index is 0.578. The van der Waals surface area contributed by atoms with E-state index in [2.05, 4.69) is 168 Å². The molecule has 14 aromatic rings. The van der Waals surface area contributed by atoms with Gasteiger partial charge in [0.15, 0.2) is 17.5 Å². The van der Waals surface area contributed by atoms with Gasteiger partial charge in [0.1, 0.15) is 11.2 Å². The summed E-state index contributed by atoms with van der Waals surface area (Å²) in [5, 5.41) is 9.69. The van der Waals surface area contributed by atoms with E-state index in [1.54, 1.807) is 0 Å². The van der Waals surface area contributed by atoms with E-state index < -0.39 is 0 Å². The molecule has 0 bridgehead atoms. The van der Waals surface area contributed by atoms with Crippen LogP contribution in [0.5, 0.6) is 0 Å². The Morgan fingerprint density at radius 1 is 0.377 bits per heavy atom. The second-order valence-electron chi connectivity index (χ2n) is 17.1. The van der Waals surface area contributed by atoms with Crippen LogP contribution in [0, 0.1) is 0 Å². The van der Waals surface area contributed by atoms with E-state index in [-0.39, 0.29) is 0 Å². The van der Waals surface area contributed by atoms with Gasteiger partial charge in [0.2, 0.25) is 0 Å². The summed E-state index contributed by atoms with van der Waals surface area (Å²) in [5.74, 6) is 1.77. The number of hydrogen-bond acceptors (Lipinski definition) is 5. The second kappa shape index (κ2) is 16.6. The largest absolute Gasteiger partial charge is 0.456 e. The summed E-state index contributed by atoms with van der Waals surface area (Å²) in [6.45, 7) is 4.00. The molecule has 0 unspecified atom stereocenters. The topological polar surface area (TPSA) is 56.7 Å². The van der Waals surface area contributed by atoms with Gasteiger partial charge in [-0.15, -0.1) is 11.3 Å². The standard InChI is InChI=1S/C61H36N4OS.C2H6/c1-3-13-37(14-4-1)40-27-31-52-51(34-40)49-23-12-22-46(41-25-30-50-56(36-41)67-55-32-28-38-15-7-8-20-45(38)57(50)55)58(49)65(52)44-19-11-18-42(33-44)60-62-59(39-16-5-2-6-17-39)63-61(64-60)43-26-29-48-47-21-9-10-24-53(47)66-54(48)35-43;1-2/h1-36H;1-2H3. The molecule has 5 nitrogen and oxygen atoms in total. The maximum absolute atomic E-state index is 6.32. The van der Waals surface area contributed by atoms with Crippen molar-refractivity contribution in [2.75, 3.05) is 0 Å². The molecule has 0 aliphatic carbocycles. The highest BCUT2D eigenvalue weighted by Crippen LogP contribution is 2.44. The zero-order valence-electron chi connectivity index (χ0n) is 37.9. The molecule has 4 aromatic heterocycles. The van der Waals surface area contributed by atoms with E-state index in [4.69, 9.17) is 19.4 Å². The summed E-state index contributed by atoms with van der Waals surface area (Å²) >= 11 is 1.86. The minimum Gasteiger partial charge on any atom is -0.456 e. The van der Waals surface area contributed by atoms with Gasteiger partial charge in [-0.3, -0.25) is 0 Å². The molecule has 14 rings (SSSR count). The van der Waals surface area contributed by atoms with Crippen LogP contribution < -0.4 is 0 Å². The Hall–Kier alpha value is -8.71.